The van der Waals surface area contributed by atoms with Gasteiger partial charge in [-0.25, -0.2) is 0 Å². The summed E-state index contributed by atoms with van der Waals surface area (Å²) >= 11 is 0. The Morgan fingerprint density at radius 2 is 2.12 bits per heavy atom. The average molecular weight is 213 g/mol. The second kappa shape index (κ2) is 4.01. The molecule has 0 saturated carbocycles. The predicted octanol–water partition coefficient (Wildman–Crippen LogP) is 2.94. The lowest BCUT2D eigenvalue weighted by Crippen LogP contribution is -2.04. The molecule has 0 fully saturated rings. The second-order valence-electron chi connectivity index (χ2n) is 3.95. The second-order valence-corrected chi connectivity index (χ2v) is 3.95. The van der Waals surface area contributed by atoms with Gasteiger partial charge < -0.3 is 9.67 Å². The molecule has 2 heteroatoms. The summed E-state index contributed by atoms with van der Waals surface area (Å²) in [5, 5.41) is 11.2. The largest absolute Gasteiger partial charge is 0.382 e. The van der Waals surface area contributed by atoms with Gasteiger partial charge in [-0.3, -0.25) is 0 Å². The summed E-state index contributed by atoms with van der Waals surface area (Å²) in [5.74, 6) is 0. The zero-order chi connectivity index (χ0) is 11.7. The number of fused-ring (bicyclic) bond motifs is 1. The molecule has 2 aromatic rings. The summed E-state index contributed by atoms with van der Waals surface area (Å²) < 4.78 is 2.00. The summed E-state index contributed by atoms with van der Waals surface area (Å²) in [4.78, 5) is 0. The van der Waals surface area contributed by atoms with Crippen LogP contribution >= 0.6 is 0 Å². The monoisotopic (exact) mass is 213 g/mol. The lowest BCUT2D eigenvalue weighted by atomic mass is 10.1. The molecule has 0 aliphatic heterocycles. The molecule has 0 radical (unpaired) electrons. The number of aliphatic hydroxyl groups excluding tert-OH is 1. The summed E-state index contributed by atoms with van der Waals surface area (Å²) in [5.41, 5.74) is 5.47. The maximum absolute atomic E-state index is 10.1. The molecule has 16 heavy (non-hydrogen) atoms. The Bertz CT molecular complexity index is 573. The van der Waals surface area contributed by atoms with Crippen LogP contribution in [0.5, 0.6) is 0 Å². The van der Waals surface area contributed by atoms with E-state index in [1.165, 1.54) is 0 Å². The fourth-order valence-electron chi connectivity index (χ4n) is 1.89. The predicted molar refractivity (Wildman–Crippen MR) is 66.2 cm³/mol. The molecule has 0 spiro atoms. The molecule has 0 aliphatic carbocycles. The molecule has 82 valence electrons. The number of rotatable bonds is 2. The van der Waals surface area contributed by atoms with Gasteiger partial charge in [-0.05, 0) is 24.4 Å². The quantitative estimate of drug-likeness (QED) is 0.762. The molecule has 1 aromatic carbocycles. The van der Waals surface area contributed by atoms with E-state index < -0.39 is 6.10 Å². The highest BCUT2D eigenvalue weighted by Crippen LogP contribution is 2.26. The van der Waals surface area contributed by atoms with Gasteiger partial charge in [0.15, 0.2) is 0 Å². The van der Waals surface area contributed by atoms with E-state index in [-0.39, 0.29) is 0 Å². The van der Waals surface area contributed by atoms with Crippen molar-refractivity contribution in [2.45, 2.75) is 13.0 Å². The lowest BCUT2D eigenvalue weighted by Gasteiger charge is -2.11. The minimum Gasteiger partial charge on any atom is -0.382 e. The van der Waals surface area contributed by atoms with Gasteiger partial charge in [0.05, 0.1) is 5.69 Å². The van der Waals surface area contributed by atoms with E-state index in [2.05, 4.69) is 12.3 Å². The smallest absolute Gasteiger partial charge is 0.122 e. The minimum absolute atomic E-state index is 0.630. The fourth-order valence-corrected chi connectivity index (χ4v) is 1.89. The van der Waals surface area contributed by atoms with Crippen LogP contribution in [0, 0.1) is 0 Å². The van der Waals surface area contributed by atoms with Crippen LogP contribution in [0.2, 0.25) is 0 Å². The number of nitrogens with zero attached hydrogens (tertiary/aromatic N) is 1. The molecule has 1 heterocycles. The van der Waals surface area contributed by atoms with Crippen molar-refractivity contribution in [1.82, 2.24) is 4.57 Å². The molecule has 2 nitrogen and oxygen atoms in total. The number of aryl methyl sites for hydroxylation is 1. The van der Waals surface area contributed by atoms with Gasteiger partial charge in [0, 0.05) is 18.1 Å². The van der Waals surface area contributed by atoms with Crippen molar-refractivity contribution in [1.29, 1.82) is 0 Å². The topological polar surface area (TPSA) is 25.2 Å². The van der Waals surface area contributed by atoms with Crippen molar-refractivity contribution in [3.63, 3.8) is 0 Å². The number of benzene rings is 1. The van der Waals surface area contributed by atoms with Crippen molar-refractivity contribution in [3.8, 4) is 0 Å². The number of hydrogen-bond donors (Lipinski definition) is 1. The first kappa shape index (κ1) is 10.7. The molecular weight excluding hydrogens is 198 g/mol. The standard InChI is InChI=1S/C14H15NO/c1-4-10(2)14(16)13-9-11-7-5-6-8-12(11)15(13)3/h5-9,14,16H,1H2,2-3H3. The van der Waals surface area contributed by atoms with Crippen molar-refractivity contribution < 1.29 is 5.11 Å². The molecule has 2 rings (SSSR count). The Morgan fingerprint density at radius 3 is 2.75 bits per heavy atom. The summed E-state index contributed by atoms with van der Waals surface area (Å²) in [6.07, 6.45) is -0.630. The van der Waals surface area contributed by atoms with Gasteiger partial charge in [0.1, 0.15) is 6.10 Å². The van der Waals surface area contributed by atoms with Gasteiger partial charge in [-0.2, -0.15) is 0 Å². The van der Waals surface area contributed by atoms with Crippen LogP contribution in [-0.2, 0) is 7.05 Å². The normalized spacial score (nSPS) is 12.4. The summed E-state index contributed by atoms with van der Waals surface area (Å²) in [6.45, 7) is 5.39. The van der Waals surface area contributed by atoms with E-state index in [9.17, 15) is 5.11 Å². The van der Waals surface area contributed by atoms with Crippen molar-refractivity contribution in [2.75, 3.05) is 0 Å². The van der Waals surface area contributed by atoms with Crippen LogP contribution in [-0.4, -0.2) is 9.67 Å². The highest BCUT2D eigenvalue weighted by Gasteiger charge is 2.14. The lowest BCUT2D eigenvalue weighted by molar-refractivity contribution is 0.208. The average Bonchev–Trinajstić information content (AvgIpc) is 2.65. The van der Waals surface area contributed by atoms with Crippen LogP contribution in [0.4, 0.5) is 0 Å². The summed E-state index contributed by atoms with van der Waals surface area (Å²) in [6, 6.07) is 10.1. The maximum atomic E-state index is 10.1. The van der Waals surface area contributed by atoms with E-state index in [1.54, 1.807) is 0 Å². The van der Waals surface area contributed by atoms with E-state index >= 15 is 0 Å². The molecule has 0 aliphatic rings. The van der Waals surface area contributed by atoms with Crippen LogP contribution in [0.25, 0.3) is 10.9 Å². The van der Waals surface area contributed by atoms with Crippen molar-refractivity contribution >= 4 is 10.9 Å². The Balaban J connectivity index is 2.62. The van der Waals surface area contributed by atoms with Gasteiger partial charge in [-0.15, -0.1) is 5.73 Å². The minimum atomic E-state index is -0.630. The molecular formula is C14H15NO. The fraction of sp³-hybridized carbons (Fsp3) is 0.214. The summed E-state index contributed by atoms with van der Waals surface area (Å²) in [7, 11) is 1.96. The third kappa shape index (κ3) is 1.58. The Hall–Kier alpha value is -1.76. The molecule has 0 bridgehead atoms. The molecule has 1 unspecified atom stereocenters. The number of aromatic nitrogens is 1. The molecule has 0 amide bonds. The first-order chi connectivity index (χ1) is 7.65. The van der Waals surface area contributed by atoms with E-state index in [4.69, 9.17) is 0 Å². The zero-order valence-corrected chi connectivity index (χ0v) is 9.57. The zero-order valence-electron chi connectivity index (χ0n) is 9.57. The van der Waals surface area contributed by atoms with E-state index in [1.807, 2.05) is 48.9 Å². The van der Waals surface area contributed by atoms with Crippen LogP contribution < -0.4 is 0 Å². The van der Waals surface area contributed by atoms with Crippen LogP contribution in [0.15, 0.2) is 48.2 Å². The molecule has 1 aromatic heterocycles. The third-order valence-corrected chi connectivity index (χ3v) is 2.96. The Kier molecular flexibility index (Phi) is 2.69. The van der Waals surface area contributed by atoms with Gasteiger partial charge in [0.25, 0.3) is 0 Å². The molecule has 1 atom stereocenters. The maximum Gasteiger partial charge on any atom is 0.122 e. The highest BCUT2D eigenvalue weighted by atomic mass is 16.3. The number of para-hydroxylation sites is 1. The van der Waals surface area contributed by atoms with Gasteiger partial charge >= 0.3 is 0 Å². The van der Waals surface area contributed by atoms with Crippen LogP contribution in [0.1, 0.15) is 18.7 Å². The third-order valence-electron chi connectivity index (χ3n) is 2.96. The Morgan fingerprint density at radius 1 is 1.44 bits per heavy atom. The van der Waals surface area contributed by atoms with Gasteiger partial charge in [-0.1, -0.05) is 24.8 Å². The Labute approximate surface area is 95.1 Å². The SMILES string of the molecule is C=C=C(C)C(O)c1cc2ccccc2n1C. The molecule has 0 saturated heterocycles. The van der Waals surface area contributed by atoms with Gasteiger partial charge in [0.2, 0.25) is 0 Å². The van der Waals surface area contributed by atoms with Crippen molar-refractivity contribution in [3.05, 3.63) is 53.9 Å². The number of aliphatic hydroxyl groups is 1. The highest BCUT2D eigenvalue weighted by molar-refractivity contribution is 5.81. The van der Waals surface area contributed by atoms with Crippen molar-refractivity contribution in [2.24, 2.45) is 7.05 Å². The van der Waals surface area contributed by atoms with E-state index in [0.717, 1.165) is 22.2 Å². The molecule has 1 N–H and O–H groups in total. The number of hydrogen-bond acceptors (Lipinski definition) is 1. The van der Waals surface area contributed by atoms with E-state index in [0.29, 0.717) is 0 Å². The first-order valence-corrected chi connectivity index (χ1v) is 5.24. The first-order valence-electron chi connectivity index (χ1n) is 5.24. The van der Waals surface area contributed by atoms with Crippen LogP contribution in [0.3, 0.4) is 0 Å².